The van der Waals surface area contributed by atoms with Gasteiger partial charge in [0, 0.05) is 6.04 Å². The van der Waals surface area contributed by atoms with E-state index in [1.165, 1.54) is 17.5 Å². The average Bonchev–Trinajstić information content (AvgIpc) is 2.55. The summed E-state index contributed by atoms with van der Waals surface area (Å²) in [6.45, 7) is 2.81. The van der Waals surface area contributed by atoms with Crippen LogP contribution in [0.2, 0.25) is 0 Å². The molecule has 0 spiro atoms. The molecule has 0 aliphatic carbocycles. The van der Waals surface area contributed by atoms with E-state index in [2.05, 4.69) is 43.3 Å². The van der Waals surface area contributed by atoms with Gasteiger partial charge in [-0.2, -0.15) is 0 Å². The number of nitrogens with two attached hydrogens (primary N) is 1. The molecule has 0 fully saturated rings. The molecule has 0 amide bonds. The zero-order chi connectivity index (χ0) is 15.6. The monoisotopic (exact) mass is 297 g/mol. The van der Waals surface area contributed by atoms with Gasteiger partial charge in [-0.05, 0) is 48.9 Å². The second-order valence-corrected chi connectivity index (χ2v) is 5.86. The largest absolute Gasteiger partial charge is 0.489 e. The Balaban J connectivity index is 1.73. The van der Waals surface area contributed by atoms with E-state index < -0.39 is 0 Å². The quantitative estimate of drug-likeness (QED) is 0.727. The van der Waals surface area contributed by atoms with Crippen molar-refractivity contribution in [2.24, 2.45) is 5.73 Å². The van der Waals surface area contributed by atoms with E-state index in [-0.39, 0.29) is 0 Å². The SMILES string of the molecule is CCCC(N)CCCc1ccc(OCc2ccccc2)cc1. The van der Waals surface area contributed by atoms with Crippen molar-refractivity contribution >= 4 is 0 Å². The summed E-state index contributed by atoms with van der Waals surface area (Å²) in [5.74, 6) is 0.926. The van der Waals surface area contributed by atoms with Crippen LogP contribution in [0.4, 0.5) is 0 Å². The van der Waals surface area contributed by atoms with Crippen LogP contribution in [-0.4, -0.2) is 6.04 Å². The highest BCUT2D eigenvalue weighted by Gasteiger charge is 2.02. The van der Waals surface area contributed by atoms with Crippen LogP contribution in [0.25, 0.3) is 0 Å². The molecule has 2 heteroatoms. The summed E-state index contributed by atoms with van der Waals surface area (Å²) in [5, 5.41) is 0. The Morgan fingerprint density at radius 1 is 0.909 bits per heavy atom. The van der Waals surface area contributed by atoms with Crippen molar-refractivity contribution in [3.05, 3.63) is 65.7 Å². The summed E-state index contributed by atoms with van der Waals surface area (Å²) in [5.41, 5.74) is 8.60. The van der Waals surface area contributed by atoms with Crippen LogP contribution < -0.4 is 10.5 Å². The molecule has 2 N–H and O–H groups in total. The zero-order valence-corrected chi connectivity index (χ0v) is 13.5. The Bertz CT molecular complexity index is 521. The molecule has 0 radical (unpaired) electrons. The van der Waals surface area contributed by atoms with Crippen molar-refractivity contribution < 1.29 is 4.74 Å². The smallest absolute Gasteiger partial charge is 0.119 e. The first-order chi connectivity index (χ1) is 10.8. The van der Waals surface area contributed by atoms with Crippen LogP contribution in [0, 0.1) is 0 Å². The summed E-state index contributed by atoms with van der Waals surface area (Å²) in [4.78, 5) is 0. The van der Waals surface area contributed by atoms with Gasteiger partial charge >= 0.3 is 0 Å². The Morgan fingerprint density at radius 2 is 1.64 bits per heavy atom. The van der Waals surface area contributed by atoms with Crippen LogP contribution >= 0.6 is 0 Å². The lowest BCUT2D eigenvalue weighted by Gasteiger charge is -2.10. The van der Waals surface area contributed by atoms with Crippen LogP contribution in [0.1, 0.15) is 43.7 Å². The van der Waals surface area contributed by atoms with Crippen molar-refractivity contribution in [3.8, 4) is 5.75 Å². The standard InChI is InChI=1S/C20H27NO/c1-2-7-19(21)11-6-10-17-12-14-20(15-13-17)22-16-18-8-4-3-5-9-18/h3-5,8-9,12-15,19H,2,6-7,10-11,16,21H2,1H3. The topological polar surface area (TPSA) is 35.2 Å². The van der Waals surface area contributed by atoms with Crippen molar-refractivity contribution in [1.82, 2.24) is 0 Å². The molecule has 0 bridgehead atoms. The predicted octanol–water partition coefficient (Wildman–Crippen LogP) is 4.72. The van der Waals surface area contributed by atoms with Gasteiger partial charge in [-0.15, -0.1) is 0 Å². The molecule has 1 atom stereocenters. The zero-order valence-electron chi connectivity index (χ0n) is 13.5. The Hall–Kier alpha value is -1.80. The van der Waals surface area contributed by atoms with Crippen LogP contribution in [0.15, 0.2) is 54.6 Å². The third-order valence-electron chi connectivity index (χ3n) is 3.87. The molecule has 0 heterocycles. The van der Waals surface area contributed by atoms with Gasteiger partial charge < -0.3 is 10.5 Å². The van der Waals surface area contributed by atoms with E-state index in [0.29, 0.717) is 12.6 Å². The summed E-state index contributed by atoms with van der Waals surface area (Å²) in [6.07, 6.45) is 5.67. The lowest BCUT2D eigenvalue weighted by atomic mass is 10.0. The highest BCUT2D eigenvalue weighted by atomic mass is 16.5. The lowest BCUT2D eigenvalue weighted by Crippen LogP contribution is -2.19. The summed E-state index contributed by atoms with van der Waals surface area (Å²) in [6, 6.07) is 19.0. The number of hydrogen-bond donors (Lipinski definition) is 1. The molecule has 0 saturated heterocycles. The average molecular weight is 297 g/mol. The molecule has 118 valence electrons. The van der Waals surface area contributed by atoms with E-state index in [0.717, 1.165) is 31.4 Å². The first kappa shape index (κ1) is 16.6. The molecule has 0 aliphatic rings. The molecule has 1 unspecified atom stereocenters. The maximum atomic E-state index is 6.05. The van der Waals surface area contributed by atoms with Crippen LogP contribution in [0.3, 0.4) is 0 Å². The fraction of sp³-hybridized carbons (Fsp3) is 0.400. The van der Waals surface area contributed by atoms with E-state index >= 15 is 0 Å². The van der Waals surface area contributed by atoms with Gasteiger partial charge in [0.1, 0.15) is 12.4 Å². The molecule has 2 aromatic rings. The maximum Gasteiger partial charge on any atom is 0.119 e. The van der Waals surface area contributed by atoms with Crippen molar-refractivity contribution in [2.75, 3.05) is 0 Å². The predicted molar refractivity (Wildman–Crippen MR) is 93.0 cm³/mol. The third-order valence-corrected chi connectivity index (χ3v) is 3.87. The van der Waals surface area contributed by atoms with Gasteiger partial charge in [0.2, 0.25) is 0 Å². The van der Waals surface area contributed by atoms with Gasteiger partial charge in [-0.1, -0.05) is 55.8 Å². The minimum atomic E-state index is 0.360. The molecule has 2 rings (SSSR count). The summed E-state index contributed by atoms with van der Waals surface area (Å²) < 4.78 is 5.80. The maximum absolute atomic E-state index is 6.05. The Kier molecular flexibility index (Phi) is 6.98. The lowest BCUT2D eigenvalue weighted by molar-refractivity contribution is 0.306. The number of benzene rings is 2. The van der Waals surface area contributed by atoms with Crippen LogP contribution in [0.5, 0.6) is 5.75 Å². The normalized spacial score (nSPS) is 12.1. The van der Waals surface area contributed by atoms with Gasteiger partial charge in [-0.25, -0.2) is 0 Å². The molecule has 2 aromatic carbocycles. The fourth-order valence-corrected chi connectivity index (χ4v) is 2.58. The number of hydrogen-bond acceptors (Lipinski definition) is 2. The van der Waals surface area contributed by atoms with E-state index in [1.54, 1.807) is 0 Å². The first-order valence-electron chi connectivity index (χ1n) is 8.29. The van der Waals surface area contributed by atoms with Crippen molar-refractivity contribution in [3.63, 3.8) is 0 Å². The Morgan fingerprint density at radius 3 is 2.32 bits per heavy atom. The van der Waals surface area contributed by atoms with Gasteiger partial charge in [-0.3, -0.25) is 0 Å². The molecular weight excluding hydrogens is 270 g/mol. The highest BCUT2D eigenvalue weighted by Crippen LogP contribution is 2.16. The van der Waals surface area contributed by atoms with Gasteiger partial charge in [0.15, 0.2) is 0 Å². The summed E-state index contributed by atoms with van der Waals surface area (Å²) in [7, 11) is 0. The number of rotatable bonds is 9. The van der Waals surface area contributed by atoms with Gasteiger partial charge in [0.25, 0.3) is 0 Å². The van der Waals surface area contributed by atoms with E-state index in [9.17, 15) is 0 Å². The van der Waals surface area contributed by atoms with E-state index in [1.807, 2.05) is 18.2 Å². The van der Waals surface area contributed by atoms with Crippen LogP contribution in [-0.2, 0) is 13.0 Å². The molecule has 22 heavy (non-hydrogen) atoms. The number of ether oxygens (including phenoxy) is 1. The van der Waals surface area contributed by atoms with E-state index in [4.69, 9.17) is 10.5 Å². The fourth-order valence-electron chi connectivity index (χ4n) is 2.58. The van der Waals surface area contributed by atoms with Crippen molar-refractivity contribution in [2.45, 2.75) is 51.7 Å². The molecule has 0 aromatic heterocycles. The highest BCUT2D eigenvalue weighted by molar-refractivity contribution is 5.27. The summed E-state index contributed by atoms with van der Waals surface area (Å²) >= 11 is 0. The van der Waals surface area contributed by atoms with Gasteiger partial charge in [0.05, 0.1) is 0 Å². The molecule has 0 saturated carbocycles. The second kappa shape index (κ2) is 9.26. The molecule has 0 aliphatic heterocycles. The molecular formula is C20H27NO. The first-order valence-corrected chi connectivity index (χ1v) is 8.29. The number of aryl methyl sites for hydroxylation is 1. The van der Waals surface area contributed by atoms with Crippen molar-refractivity contribution in [1.29, 1.82) is 0 Å². The minimum Gasteiger partial charge on any atom is -0.489 e. The Labute approximate surface area is 134 Å². The third kappa shape index (κ3) is 5.90. The second-order valence-electron chi connectivity index (χ2n) is 5.86. The molecule has 2 nitrogen and oxygen atoms in total. The minimum absolute atomic E-state index is 0.360.